The number of nitrogen functional groups attached to an aromatic ring is 1. The lowest BCUT2D eigenvalue weighted by molar-refractivity contribution is 0.856. The summed E-state index contributed by atoms with van der Waals surface area (Å²) in [5.41, 5.74) is 9.38. The van der Waals surface area contributed by atoms with E-state index in [1.165, 1.54) is 0 Å². The maximum Gasteiger partial charge on any atom is 0.294 e. The minimum Gasteiger partial charge on any atom is -0.398 e. The van der Waals surface area contributed by atoms with Gasteiger partial charge in [0.15, 0.2) is 0 Å². The molecule has 1 heterocycles. The number of nitrogens with zero attached hydrogens (tertiary/aromatic N) is 3. The first-order valence-corrected chi connectivity index (χ1v) is 5.94. The van der Waals surface area contributed by atoms with Gasteiger partial charge in [-0.1, -0.05) is 24.3 Å². The van der Waals surface area contributed by atoms with Crippen molar-refractivity contribution in [1.29, 1.82) is 0 Å². The molecule has 1 aromatic heterocycles. The van der Waals surface area contributed by atoms with E-state index in [1.807, 2.05) is 53.1 Å². The smallest absolute Gasteiger partial charge is 0.294 e. The molecular formula is C15H12N4. The van der Waals surface area contributed by atoms with Crippen molar-refractivity contribution in [2.45, 2.75) is 6.67 Å². The van der Waals surface area contributed by atoms with Gasteiger partial charge >= 0.3 is 0 Å². The predicted octanol–water partition coefficient (Wildman–Crippen LogP) is 3.16. The van der Waals surface area contributed by atoms with Gasteiger partial charge < -0.3 is 5.73 Å². The standard InChI is InChI=1S/C15H12N4/c1-17-10-19-14-9-5-4-8-13(14)18-15(19)11-6-2-3-7-12(11)16/h2-9H,10,16H2. The van der Waals surface area contributed by atoms with E-state index in [4.69, 9.17) is 12.3 Å². The topological polar surface area (TPSA) is 48.2 Å². The van der Waals surface area contributed by atoms with Gasteiger partial charge in [0.25, 0.3) is 6.67 Å². The second-order valence-electron chi connectivity index (χ2n) is 4.24. The highest BCUT2D eigenvalue weighted by atomic mass is 15.1. The van der Waals surface area contributed by atoms with Crippen LogP contribution in [0.25, 0.3) is 27.3 Å². The minimum atomic E-state index is 0.240. The number of hydrogen-bond donors (Lipinski definition) is 1. The van der Waals surface area contributed by atoms with Gasteiger partial charge in [0.2, 0.25) is 0 Å². The molecule has 0 aliphatic heterocycles. The highest BCUT2D eigenvalue weighted by Gasteiger charge is 2.15. The van der Waals surface area contributed by atoms with Crippen molar-refractivity contribution >= 4 is 16.7 Å². The van der Waals surface area contributed by atoms with Crippen LogP contribution in [0.3, 0.4) is 0 Å². The van der Waals surface area contributed by atoms with Crippen LogP contribution in [0, 0.1) is 6.57 Å². The van der Waals surface area contributed by atoms with Crippen molar-refractivity contribution in [3.8, 4) is 11.4 Å². The molecule has 0 fully saturated rings. The minimum absolute atomic E-state index is 0.240. The lowest BCUT2D eigenvalue weighted by atomic mass is 10.2. The van der Waals surface area contributed by atoms with Crippen LogP contribution in [-0.2, 0) is 6.67 Å². The van der Waals surface area contributed by atoms with Gasteiger partial charge in [-0.15, -0.1) is 0 Å². The van der Waals surface area contributed by atoms with Crippen LogP contribution in [0.1, 0.15) is 0 Å². The molecule has 0 bridgehead atoms. The molecule has 0 saturated heterocycles. The zero-order valence-electron chi connectivity index (χ0n) is 10.2. The van der Waals surface area contributed by atoms with Gasteiger partial charge in [0, 0.05) is 11.3 Å². The Bertz CT molecular complexity index is 780. The molecule has 4 heteroatoms. The third kappa shape index (κ3) is 1.81. The van der Waals surface area contributed by atoms with E-state index in [0.717, 1.165) is 22.4 Å². The summed E-state index contributed by atoms with van der Waals surface area (Å²) in [5.74, 6) is 0.746. The number of nitrogens with two attached hydrogens (primary N) is 1. The summed E-state index contributed by atoms with van der Waals surface area (Å²) in [6.07, 6.45) is 0. The molecule has 2 N–H and O–H groups in total. The average molecular weight is 248 g/mol. The third-order valence-corrected chi connectivity index (χ3v) is 3.07. The number of fused-ring (bicyclic) bond motifs is 1. The molecule has 3 aromatic rings. The molecule has 3 rings (SSSR count). The number of anilines is 1. The maximum atomic E-state index is 7.11. The van der Waals surface area contributed by atoms with E-state index in [0.29, 0.717) is 5.69 Å². The van der Waals surface area contributed by atoms with E-state index in [2.05, 4.69) is 9.83 Å². The van der Waals surface area contributed by atoms with Gasteiger partial charge in [-0.05, 0) is 24.3 Å². The van der Waals surface area contributed by atoms with Crippen LogP contribution in [0.2, 0.25) is 0 Å². The molecule has 2 aromatic carbocycles. The Morgan fingerprint density at radius 2 is 1.84 bits per heavy atom. The highest BCUT2D eigenvalue weighted by Crippen LogP contribution is 2.28. The fraction of sp³-hybridized carbons (Fsp3) is 0.0667. The van der Waals surface area contributed by atoms with Crippen molar-refractivity contribution < 1.29 is 0 Å². The Kier molecular flexibility index (Phi) is 2.66. The van der Waals surface area contributed by atoms with Crippen molar-refractivity contribution in [3.05, 3.63) is 59.9 Å². The van der Waals surface area contributed by atoms with E-state index >= 15 is 0 Å². The molecule has 92 valence electrons. The van der Waals surface area contributed by atoms with E-state index in [9.17, 15) is 0 Å². The number of aromatic nitrogens is 2. The molecule has 0 atom stereocenters. The summed E-state index contributed by atoms with van der Waals surface area (Å²) in [5, 5.41) is 0. The van der Waals surface area contributed by atoms with Gasteiger partial charge in [-0.2, -0.15) is 0 Å². The Hall–Kier alpha value is -2.80. The largest absolute Gasteiger partial charge is 0.398 e. The SMILES string of the molecule is [C-]#[N+]Cn1c(-c2ccccc2N)nc2ccccc21. The van der Waals surface area contributed by atoms with Crippen LogP contribution >= 0.6 is 0 Å². The summed E-state index contributed by atoms with van der Waals surface area (Å²) >= 11 is 0. The fourth-order valence-electron chi connectivity index (χ4n) is 2.20. The first-order chi connectivity index (χ1) is 9.31. The second kappa shape index (κ2) is 4.46. The summed E-state index contributed by atoms with van der Waals surface area (Å²) in [4.78, 5) is 8.08. The lowest BCUT2D eigenvalue weighted by Gasteiger charge is -2.05. The normalized spacial score (nSPS) is 10.5. The summed E-state index contributed by atoms with van der Waals surface area (Å²) < 4.78 is 1.90. The predicted molar refractivity (Wildman–Crippen MR) is 76.2 cm³/mol. The molecule has 4 nitrogen and oxygen atoms in total. The highest BCUT2D eigenvalue weighted by molar-refractivity contribution is 5.83. The van der Waals surface area contributed by atoms with E-state index < -0.39 is 0 Å². The molecule has 0 aliphatic rings. The molecule has 0 aliphatic carbocycles. The summed E-state index contributed by atoms with van der Waals surface area (Å²) in [6.45, 7) is 7.35. The lowest BCUT2D eigenvalue weighted by Crippen LogP contribution is -1.99. The van der Waals surface area contributed by atoms with Crippen molar-refractivity contribution in [3.63, 3.8) is 0 Å². The maximum absolute atomic E-state index is 7.11. The van der Waals surface area contributed by atoms with E-state index in [-0.39, 0.29) is 6.67 Å². The van der Waals surface area contributed by atoms with Crippen LogP contribution in [0.15, 0.2) is 48.5 Å². The Labute approximate surface area is 110 Å². The van der Waals surface area contributed by atoms with Gasteiger partial charge in [-0.3, -0.25) is 9.41 Å². The van der Waals surface area contributed by atoms with Gasteiger partial charge in [-0.25, -0.2) is 11.6 Å². The number of benzene rings is 2. The number of imidazole rings is 1. The summed E-state index contributed by atoms with van der Waals surface area (Å²) in [7, 11) is 0. The molecule has 0 radical (unpaired) electrons. The fourth-order valence-corrected chi connectivity index (χ4v) is 2.20. The zero-order chi connectivity index (χ0) is 13.2. The van der Waals surface area contributed by atoms with Gasteiger partial charge in [0.05, 0.1) is 11.0 Å². The molecule has 0 saturated carbocycles. The Morgan fingerprint density at radius 1 is 1.11 bits per heavy atom. The molecular weight excluding hydrogens is 236 g/mol. The van der Waals surface area contributed by atoms with Crippen LogP contribution in [-0.4, -0.2) is 9.55 Å². The first-order valence-electron chi connectivity index (χ1n) is 5.94. The number of hydrogen-bond acceptors (Lipinski definition) is 2. The number of rotatable bonds is 2. The van der Waals surface area contributed by atoms with E-state index in [1.54, 1.807) is 0 Å². The number of para-hydroxylation sites is 3. The van der Waals surface area contributed by atoms with Crippen LogP contribution in [0.5, 0.6) is 0 Å². The van der Waals surface area contributed by atoms with Crippen molar-refractivity contribution in [2.24, 2.45) is 0 Å². The molecule has 0 amide bonds. The third-order valence-electron chi connectivity index (χ3n) is 3.07. The van der Waals surface area contributed by atoms with Crippen LogP contribution < -0.4 is 5.73 Å². The first kappa shape index (κ1) is 11.3. The molecule has 0 spiro atoms. The zero-order valence-corrected chi connectivity index (χ0v) is 10.2. The van der Waals surface area contributed by atoms with Crippen molar-refractivity contribution in [1.82, 2.24) is 9.55 Å². The Morgan fingerprint density at radius 3 is 2.63 bits per heavy atom. The monoisotopic (exact) mass is 248 g/mol. The summed E-state index contributed by atoms with van der Waals surface area (Å²) in [6, 6.07) is 15.4. The van der Waals surface area contributed by atoms with Crippen LogP contribution in [0.4, 0.5) is 5.69 Å². The molecule has 0 unspecified atom stereocenters. The van der Waals surface area contributed by atoms with Gasteiger partial charge in [0.1, 0.15) is 5.82 Å². The Balaban J connectivity index is 2.32. The quantitative estimate of drug-likeness (QED) is 0.559. The molecule has 19 heavy (non-hydrogen) atoms. The average Bonchev–Trinajstić information content (AvgIpc) is 2.79. The second-order valence-corrected chi connectivity index (χ2v) is 4.24. The van der Waals surface area contributed by atoms with Crippen molar-refractivity contribution in [2.75, 3.05) is 5.73 Å².